The molecule has 94 valence electrons. The number of thiazole rings is 1. The predicted octanol–water partition coefficient (Wildman–Crippen LogP) is 1.26. The number of anilines is 1. The standard InChI is InChI=1S/C12H15N5S/c1-2-14-11(9-13-1)17-6-4-16(5-7-17)10-12-15-3-8-18-12/h1-3,8-9H,4-7,10H2. The van der Waals surface area contributed by atoms with Gasteiger partial charge in [-0.05, 0) is 0 Å². The fraction of sp³-hybridized carbons (Fsp3) is 0.417. The highest BCUT2D eigenvalue weighted by atomic mass is 32.1. The molecule has 1 aliphatic rings. The highest BCUT2D eigenvalue weighted by Gasteiger charge is 2.18. The quantitative estimate of drug-likeness (QED) is 0.832. The van der Waals surface area contributed by atoms with E-state index in [-0.39, 0.29) is 0 Å². The van der Waals surface area contributed by atoms with Crippen molar-refractivity contribution in [2.24, 2.45) is 0 Å². The van der Waals surface area contributed by atoms with Crippen LogP contribution in [0.25, 0.3) is 0 Å². The number of rotatable bonds is 3. The topological polar surface area (TPSA) is 45.2 Å². The lowest BCUT2D eigenvalue weighted by Crippen LogP contribution is -2.46. The summed E-state index contributed by atoms with van der Waals surface area (Å²) >= 11 is 1.73. The van der Waals surface area contributed by atoms with Crippen LogP contribution in [0.1, 0.15) is 5.01 Å². The van der Waals surface area contributed by atoms with Crippen LogP contribution >= 0.6 is 11.3 Å². The van der Waals surface area contributed by atoms with E-state index in [0.717, 1.165) is 38.5 Å². The summed E-state index contributed by atoms with van der Waals surface area (Å²) in [6.07, 6.45) is 7.16. The van der Waals surface area contributed by atoms with Crippen LogP contribution < -0.4 is 4.90 Å². The zero-order valence-corrected chi connectivity index (χ0v) is 10.9. The molecule has 0 atom stereocenters. The predicted molar refractivity (Wildman–Crippen MR) is 71.6 cm³/mol. The Balaban J connectivity index is 1.55. The molecule has 0 bridgehead atoms. The zero-order chi connectivity index (χ0) is 12.2. The molecule has 0 spiro atoms. The first kappa shape index (κ1) is 11.6. The van der Waals surface area contributed by atoms with E-state index in [1.54, 1.807) is 23.7 Å². The van der Waals surface area contributed by atoms with Gasteiger partial charge in [0.05, 0.1) is 12.7 Å². The van der Waals surface area contributed by atoms with Crippen molar-refractivity contribution in [1.82, 2.24) is 19.9 Å². The molecule has 3 heterocycles. The summed E-state index contributed by atoms with van der Waals surface area (Å²) < 4.78 is 0. The Kier molecular flexibility index (Phi) is 3.47. The van der Waals surface area contributed by atoms with E-state index < -0.39 is 0 Å². The van der Waals surface area contributed by atoms with E-state index in [1.165, 1.54) is 5.01 Å². The average molecular weight is 261 g/mol. The molecule has 0 radical (unpaired) electrons. The maximum atomic E-state index is 4.34. The largest absolute Gasteiger partial charge is 0.353 e. The van der Waals surface area contributed by atoms with Crippen molar-refractivity contribution in [3.8, 4) is 0 Å². The lowest BCUT2D eigenvalue weighted by Gasteiger charge is -2.34. The summed E-state index contributed by atoms with van der Waals surface area (Å²) in [7, 11) is 0. The van der Waals surface area contributed by atoms with Gasteiger partial charge in [-0.1, -0.05) is 0 Å². The average Bonchev–Trinajstić information content (AvgIpc) is 2.94. The first-order valence-corrected chi connectivity index (χ1v) is 6.91. The van der Waals surface area contributed by atoms with Gasteiger partial charge in [-0.15, -0.1) is 11.3 Å². The highest BCUT2D eigenvalue weighted by molar-refractivity contribution is 7.09. The van der Waals surface area contributed by atoms with Crippen molar-refractivity contribution in [1.29, 1.82) is 0 Å². The van der Waals surface area contributed by atoms with Crippen LogP contribution in [-0.2, 0) is 6.54 Å². The molecule has 1 aliphatic heterocycles. The second-order valence-electron chi connectivity index (χ2n) is 4.25. The Morgan fingerprint density at radius 3 is 2.61 bits per heavy atom. The number of hydrogen-bond acceptors (Lipinski definition) is 6. The van der Waals surface area contributed by atoms with Crippen LogP contribution in [0.2, 0.25) is 0 Å². The van der Waals surface area contributed by atoms with Crippen LogP contribution in [0, 0.1) is 0 Å². The van der Waals surface area contributed by atoms with Gasteiger partial charge in [0.2, 0.25) is 0 Å². The van der Waals surface area contributed by atoms with Gasteiger partial charge in [-0.3, -0.25) is 9.88 Å². The van der Waals surface area contributed by atoms with Crippen molar-refractivity contribution in [3.63, 3.8) is 0 Å². The second-order valence-corrected chi connectivity index (χ2v) is 5.23. The first-order valence-electron chi connectivity index (χ1n) is 6.03. The van der Waals surface area contributed by atoms with Crippen LogP contribution in [0.3, 0.4) is 0 Å². The summed E-state index contributed by atoms with van der Waals surface area (Å²) in [5.41, 5.74) is 0. The first-order chi connectivity index (χ1) is 8.92. The summed E-state index contributed by atoms with van der Waals surface area (Å²) in [4.78, 5) is 17.5. The smallest absolute Gasteiger partial charge is 0.147 e. The fourth-order valence-corrected chi connectivity index (χ4v) is 2.77. The van der Waals surface area contributed by atoms with Crippen LogP contribution in [0.15, 0.2) is 30.2 Å². The molecule has 0 amide bonds. The Bertz CT molecular complexity index is 464. The van der Waals surface area contributed by atoms with Crippen molar-refractivity contribution in [3.05, 3.63) is 35.2 Å². The molecule has 18 heavy (non-hydrogen) atoms. The highest BCUT2D eigenvalue weighted by Crippen LogP contribution is 2.14. The van der Waals surface area contributed by atoms with Crippen molar-refractivity contribution >= 4 is 17.2 Å². The van der Waals surface area contributed by atoms with E-state index >= 15 is 0 Å². The minimum absolute atomic E-state index is 0.964. The molecule has 0 N–H and O–H groups in total. The van der Waals surface area contributed by atoms with Gasteiger partial charge in [0, 0.05) is 50.1 Å². The molecule has 5 nitrogen and oxygen atoms in total. The molecular weight excluding hydrogens is 246 g/mol. The summed E-state index contributed by atoms with van der Waals surface area (Å²) in [6.45, 7) is 5.08. The molecule has 0 aromatic carbocycles. The monoisotopic (exact) mass is 261 g/mol. The molecule has 1 saturated heterocycles. The third kappa shape index (κ3) is 2.65. The summed E-state index contributed by atoms with van der Waals surface area (Å²) in [5, 5.41) is 3.23. The van der Waals surface area contributed by atoms with Crippen molar-refractivity contribution < 1.29 is 0 Å². The number of hydrogen-bond donors (Lipinski definition) is 0. The molecule has 0 saturated carbocycles. The molecular formula is C12H15N5S. The van der Waals surface area contributed by atoms with Crippen molar-refractivity contribution in [2.75, 3.05) is 31.1 Å². The zero-order valence-electron chi connectivity index (χ0n) is 10.1. The Hall–Kier alpha value is -1.53. The normalized spacial score (nSPS) is 17.0. The van der Waals surface area contributed by atoms with Crippen molar-refractivity contribution in [2.45, 2.75) is 6.54 Å². The summed E-state index contributed by atoms with van der Waals surface area (Å²) in [6, 6.07) is 0. The van der Waals surface area contributed by atoms with Gasteiger partial charge in [0.1, 0.15) is 10.8 Å². The Morgan fingerprint density at radius 2 is 1.94 bits per heavy atom. The number of piperazine rings is 1. The van der Waals surface area contributed by atoms with Crippen LogP contribution in [0.5, 0.6) is 0 Å². The molecule has 1 fully saturated rings. The van der Waals surface area contributed by atoms with Crippen LogP contribution in [-0.4, -0.2) is 46.0 Å². The van der Waals surface area contributed by atoms with E-state index in [9.17, 15) is 0 Å². The minimum atomic E-state index is 0.964. The molecule has 2 aromatic heterocycles. The van der Waals surface area contributed by atoms with E-state index in [2.05, 4.69) is 24.8 Å². The van der Waals surface area contributed by atoms with Gasteiger partial charge < -0.3 is 4.90 Å². The minimum Gasteiger partial charge on any atom is -0.353 e. The molecule has 2 aromatic rings. The second kappa shape index (κ2) is 5.41. The third-order valence-electron chi connectivity index (χ3n) is 3.09. The van der Waals surface area contributed by atoms with Gasteiger partial charge in [-0.25, -0.2) is 9.97 Å². The molecule has 0 unspecified atom stereocenters. The van der Waals surface area contributed by atoms with E-state index in [1.807, 2.05) is 17.8 Å². The van der Waals surface area contributed by atoms with Gasteiger partial charge in [0.15, 0.2) is 0 Å². The Morgan fingerprint density at radius 1 is 1.06 bits per heavy atom. The summed E-state index contributed by atoms with van der Waals surface area (Å²) in [5.74, 6) is 0.978. The lowest BCUT2D eigenvalue weighted by atomic mass is 10.3. The molecule has 0 aliphatic carbocycles. The molecule has 6 heteroatoms. The third-order valence-corrected chi connectivity index (χ3v) is 3.85. The van der Waals surface area contributed by atoms with E-state index in [4.69, 9.17) is 0 Å². The Labute approximate surface area is 110 Å². The molecule has 3 rings (SSSR count). The van der Waals surface area contributed by atoms with Gasteiger partial charge in [0.25, 0.3) is 0 Å². The van der Waals surface area contributed by atoms with Gasteiger partial charge in [-0.2, -0.15) is 0 Å². The maximum Gasteiger partial charge on any atom is 0.147 e. The maximum absolute atomic E-state index is 4.34. The number of aromatic nitrogens is 3. The lowest BCUT2D eigenvalue weighted by molar-refractivity contribution is 0.249. The van der Waals surface area contributed by atoms with Crippen LogP contribution in [0.4, 0.5) is 5.82 Å². The number of nitrogens with zero attached hydrogens (tertiary/aromatic N) is 5. The van der Waals surface area contributed by atoms with Gasteiger partial charge >= 0.3 is 0 Å². The van der Waals surface area contributed by atoms with E-state index in [0.29, 0.717) is 0 Å². The SMILES string of the molecule is c1cnc(N2CCN(Cc3nccs3)CC2)cn1. The fourth-order valence-electron chi connectivity index (χ4n) is 2.11.